The molecule has 5 heteroatoms. The number of nitrogens with one attached hydrogen (secondary N) is 1. The van der Waals surface area contributed by atoms with Crippen LogP contribution in [0.2, 0.25) is 0 Å². The lowest BCUT2D eigenvalue weighted by Crippen LogP contribution is -2.51. The largest absolute Gasteiger partial charge is 0.461 e. The maximum Gasteiger partial charge on any atom is 0.331 e. The Morgan fingerprint density at radius 3 is 2.92 bits per heavy atom. The van der Waals surface area contributed by atoms with E-state index in [0.29, 0.717) is 0 Å². The van der Waals surface area contributed by atoms with Crippen molar-refractivity contribution in [2.75, 3.05) is 13.2 Å². The molecule has 1 saturated heterocycles. The molecule has 1 N–H and O–H groups in total. The quantitative estimate of drug-likeness (QED) is 0.589. The summed E-state index contributed by atoms with van der Waals surface area (Å²) in [5.41, 5.74) is 0. The molecule has 13 heavy (non-hydrogen) atoms. The third-order valence-corrected chi connectivity index (χ3v) is 1.49. The molecule has 0 aromatic rings. The average Bonchev–Trinajstić information content (AvgIpc) is 2.03. The van der Waals surface area contributed by atoms with E-state index in [2.05, 4.69) is 5.32 Å². The number of hydrogen-bond acceptors (Lipinski definition) is 4. The molecule has 1 unspecified atom stereocenters. The molecule has 1 amide bonds. The van der Waals surface area contributed by atoms with Crippen molar-refractivity contribution in [3.05, 3.63) is 0 Å². The van der Waals surface area contributed by atoms with E-state index in [1.54, 1.807) is 13.8 Å². The predicted molar refractivity (Wildman–Crippen MR) is 44.0 cm³/mol. The number of carbonyl (C=O) groups excluding carboxylic acids is 2. The second-order valence-corrected chi connectivity index (χ2v) is 3.12. The lowest BCUT2D eigenvalue weighted by Gasteiger charge is -2.22. The van der Waals surface area contributed by atoms with E-state index in [0.717, 1.165) is 0 Å². The van der Waals surface area contributed by atoms with Crippen molar-refractivity contribution in [2.24, 2.45) is 0 Å². The summed E-state index contributed by atoms with van der Waals surface area (Å²) in [5, 5.41) is 2.48. The first-order valence-electron chi connectivity index (χ1n) is 4.17. The summed E-state index contributed by atoms with van der Waals surface area (Å²) in [6, 6.07) is -0.649. The van der Waals surface area contributed by atoms with Crippen LogP contribution in [0.25, 0.3) is 0 Å². The summed E-state index contributed by atoms with van der Waals surface area (Å²) in [5.74, 6) is -0.722. The highest BCUT2D eigenvalue weighted by Gasteiger charge is 2.26. The molecule has 0 saturated carbocycles. The Bertz CT molecular complexity index is 214. The first-order chi connectivity index (χ1) is 6.09. The summed E-state index contributed by atoms with van der Waals surface area (Å²) >= 11 is 0. The van der Waals surface area contributed by atoms with E-state index in [1.807, 2.05) is 0 Å². The van der Waals surface area contributed by atoms with Gasteiger partial charge in [-0.2, -0.15) is 0 Å². The van der Waals surface area contributed by atoms with Gasteiger partial charge in [-0.15, -0.1) is 0 Å². The molecule has 0 aromatic heterocycles. The van der Waals surface area contributed by atoms with Gasteiger partial charge in [-0.1, -0.05) is 0 Å². The van der Waals surface area contributed by atoms with Crippen molar-refractivity contribution in [3.63, 3.8) is 0 Å². The number of carbonyl (C=O) groups is 2. The Labute approximate surface area is 76.4 Å². The lowest BCUT2D eigenvalue weighted by molar-refractivity contribution is -0.156. The van der Waals surface area contributed by atoms with Gasteiger partial charge in [-0.3, -0.25) is 4.79 Å². The van der Waals surface area contributed by atoms with E-state index in [9.17, 15) is 9.59 Å². The molecule has 74 valence electrons. The Morgan fingerprint density at radius 2 is 2.38 bits per heavy atom. The smallest absolute Gasteiger partial charge is 0.331 e. The van der Waals surface area contributed by atoms with Gasteiger partial charge in [0.25, 0.3) is 0 Å². The van der Waals surface area contributed by atoms with Crippen LogP contribution in [-0.4, -0.2) is 37.2 Å². The normalized spacial score (nSPS) is 22.7. The second-order valence-electron chi connectivity index (χ2n) is 3.12. The SMILES string of the molecule is CC(C)OC(=O)C1COCC(=O)N1. The zero-order chi connectivity index (χ0) is 9.84. The lowest BCUT2D eigenvalue weighted by atomic mass is 10.3. The minimum absolute atomic E-state index is 0.0193. The van der Waals surface area contributed by atoms with Crippen molar-refractivity contribution in [1.82, 2.24) is 5.32 Å². The average molecular weight is 187 g/mol. The van der Waals surface area contributed by atoms with Gasteiger partial charge in [0.05, 0.1) is 12.7 Å². The monoisotopic (exact) mass is 187 g/mol. The van der Waals surface area contributed by atoms with Gasteiger partial charge in [-0.25, -0.2) is 4.79 Å². The van der Waals surface area contributed by atoms with Crippen LogP contribution in [0.15, 0.2) is 0 Å². The molecule has 1 aliphatic heterocycles. The molecule has 5 nitrogen and oxygen atoms in total. The zero-order valence-electron chi connectivity index (χ0n) is 7.70. The topological polar surface area (TPSA) is 64.6 Å². The van der Waals surface area contributed by atoms with E-state index in [4.69, 9.17) is 9.47 Å². The van der Waals surface area contributed by atoms with Gasteiger partial charge in [0.1, 0.15) is 6.61 Å². The summed E-state index contributed by atoms with van der Waals surface area (Å²) in [6.07, 6.45) is -0.175. The number of ether oxygens (including phenoxy) is 2. The standard InChI is InChI=1S/C8H13NO4/c1-5(2)13-8(11)6-3-12-4-7(10)9-6/h5-6H,3-4H2,1-2H3,(H,9,10). The number of hydrogen-bond donors (Lipinski definition) is 1. The van der Waals surface area contributed by atoms with Crippen LogP contribution in [0.4, 0.5) is 0 Å². The van der Waals surface area contributed by atoms with Crippen LogP contribution < -0.4 is 5.32 Å². The highest BCUT2D eigenvalue weighted by Crippen LogP contribution is 1.99. The Balaban J connectivity index is 2.41. The molecule has 1 rings (SSSR count). The zero-order valence-corrected chi connectivity index (χ0v) is 7.70. The van der Waals surface area contributed by atoms with Crippen LogP contribution in [0.5, 0.6) is 0 Å². The number of esters is 1. The summed E-state index contributed by atoms with van der Waals surface area (Å²) < 4.78 is 9.79. The van der Waals surface area contributed by atoms with Crippen LogP contribution in [0.3, 0.4) is 0 Å². The summed E-state index contributed by atoms with van der Waals surface area (Å²) in [7, 11) is 0. The Hall–Kier alpha value is -1.10. The van der Waals surface area contributed by atoms with Crippen LogP contribution >= 0.6 is 0 Å². The van der Waals surface area contributed by atoms with Crippen molar-refractivity contribution in [2.45, 2.75) is 26.0 Å². The molecular formula is C8H13NO4. The van der Waals surface area contributed by atoms with Gasteiger partial charge in [0.15, 0.2) is 6.04 Å². The van der Waals surface area contributed by atoms with E-state index in [-0.39, 0.29) is 25.2 Å². The van der Waals surface area contributed by atoms with Crippen LogP contribution in [-0.2, 0) is 19.1 Å². The van der Waals surface area contributed by atoms with Crippen LogP contribution in [0, 0.1) is 0 Å². The van der Waals surface area contributed by atoms with Gasteiger partial charge < -0.3 is 14.8 Å². The molecular weight excluding hydrogens is 174 g/mol. The Kier molecular flexibility index (Phi) is 3.25. The second kappa shape index (κ2) is 4.23. The van der Waals surface area contributed by atoms with E-state index >= 15 is 0 Å². The molecule has 0 bridgehead atoms. The van der Waals surface area contributed by atoms with Crippen molar-refractivity contribution in [3.8, 4) is 0 Å². The van der Waals surface area contributed by atoms with Gasteiger partial charge in [0, 0.05) is 0 Å². The fraction of sp³-hybridized carbons (Fsp3) is 0.750. The molecule has 0 spiro atoms. The van der Waals surface area contributed by atoms with Crippen LogP contribution in [0.1, 0.15) is 13.8 Å². The number of amides is 1. The first kappa shape index (κ1) is 9.98. The molecule has 1 aliphatic rings. The third-order valence-electron chi connectivity index (χ3n) is 1.49. The van der Waals surface area contributed by atoms with E-state index in [1.165, 1.54) is 0 Å². The van der Waals surface area contributed by atoms with Gasteiger partial charge in [-0.05, 0) is 13.8 Å². The fourth-order valence-electron chi connectivity index (χ4n) is 0.989. The molecule has 1 fully saturated rings. The number of rotatable bonds is 2. The maximum absolute atomic E-state index is 11.2. The molecule has 0 radical (unpaired) electrons. The molecule has 0 aromatic carbocycles. The molecule has 1 atom stereocenters. The molecule has 1 heterocycles. The first-order valence-corrected chi connectivity index (χ1v) is 4.17. The predicted octanol–water partition coefficient (Wildman–Crippen LogP) is -0.547. The van der Waals surface area contributed by atoms with Gasteiger partial charge in [0.2, 0.25) is 5.91 Å². The van der Waals surface area contributed by atoms with Crippen molar-refractivity contribution in [1.29, 1.82) is 0 Å². The van der Waals surface area contributed by atoms with E-state index < -0.39 is 12.0 Å². The maximum atomic E-state index is 11.2. The van der Waals surface area contributed by atoms with Gasteiger partial charge >= 0.3 is 5.97 Å². The summed E-state index contributed by atoms with van der Waals surface area (Å²) in [6.45, 7) is 3.72. The minimum Gasteiger partial charge on any atom is -0.461 e. The van der Waals surface area contributed by atoms with Crippen molar-refractivity contribution < 1.29 is 19.1 Å². The highest BCUT2D eigenvalue weighted by molar-refractivity contribution is 5.86. The summed E-state index contributed by atoms with van der Waals surface area (Å²) in [4.78, 5) is 22.1. The Morgan fingerprint density at radius 1 is 1.69 bits per heavy atom. The highest BCUT2D eigenvalue weighted by atomic mass is 16.5. The third kappa shape index (κ3) is 3.02. The van der Waals surface area contributed by atoms with Crippen molar-refractivity contribution >= 4 is 11.9 Å². The minimum atomic E-state index is -0.649. The fourth-order valence-corrected chi connectivity index (χ4v) is 0.989. The molecule has 0 aliphatic carbocycles. The number of morpholine rings is 1.